The highest BCUT2D eigenvalue weighted by molar-refractivity contribution is 7.90. The molecule has 30 heavy (non-hydrogen) atoms. The number of hydrogen-bond donors (Lipinski definition) is 2. The zero-order valence-electron chi connectivity index (χ0n) is 16.1. The number of piperazine rings is 1. The van der Waals surface area contributed by atoms with Crippen molar-refractivity contribution in [1.29, 1.82) is 0 Å². The van der Waals surface area contributed by atoms with Crippen molar-refractivity contribution in [3.05, 3.63) is 48.3 Å². The van der Waals surface area contributed by atoms with Gasteiger partial charge in [-0.25, -0.2) is 0 Å². The summed E-state index contributed by atoms with van der Waals surface area (Å²) in [7, 11) is -2.30. The SMILES string of the molecule is CN1CCN(/C(N)=N/S(=O)(=O)c2cnccc2Nc2cccc(C(F)(F)F)c2)CC1. The Balaban J connectivity index is 1.88. The largest absolute Gasteiger partial charge is 0.416 e. The maximum atomic E-state index is 12.9. The monoisotopic (exact) mass is 442 g/mol. The maximum absolute atomic E-state index is 12.9. The third-order valence-electron chi connectivity index (χ3n) is 4.57. The Labute approximate surface area is 172 Å². The fourth-order valence-electron chi connectivity index (χ4n) is 2.88. The molecule has 0 spiro atoms. The Morgan fingerprint density at radius 2 is 1.90 bits per heavy atom. The molecule has 1 aliphatic heterocycles. The van der Waals surface area contributed by atoms with Crippen LogP contribution in [-0.2, 0) is 16.2 Å². The molecule has 1 fully saturated rings. The summed E-state index contributed by atoms with van der Waals surface area (Å²) in [5, 5.41) is 2.70. The first-order chi connectivity index (χ1) is 14.1. The molecule has 12 heteroatoms. The number of aromatic nitrogens is 1. The van der Waals surface area contributed by atoms with Crippen LogP contribution in [0.25, 0.3) is 0 Å². The summed E-state index contributed by atoms with van der Waals surface area (Å²) < 4.78 is 68.2. The van der Waals surface area contributed by atoms with Crippen molar-refractivity contribution < 1.29 is 21.6 Å². The average molecular weight is 442 g/mol. The van der Waals surface area contributed by atoms with E-state index in [1.807, 2.05) is 7.05 Å². The zero-order chi connectivity index (χ0) is 21.9. The summed E-state index contributed by atoms with van der Waals surface area (Å²) in [6.45, 7) is 2.49. The molecule has 0 saturated carbocycles. The second-order valence-electron chi connectivity index (χ2n) is 6.79. The van der Waals surface area contributed by atoms with Gasteiger partial charge in [0, 0.05) is 44.3 Å². The number of benzene rings is 1. The van der Waals surface area contributed by atoms with Crippen LogP contribution in [-0.4, -0.2) is 62.4 Å². The van der Waals surface area contributed by atoms with E-state index in [-0.39, 0.29) is 22.2 Å². The number of rotatable bonds is 4. The number of likely N-dealkylation sites (N-methyl/N-ethyl adjacent to an activating group) is 1. The van der Waals surface area contributed by atoms with Crippen LogP contribution in [0.5, 0.6) is 0 Å². The van der Waals surface area contributed by atoms with Gasteiger partial charge in [-0.3, -0.25) is 4.98 Å². The van der Waals surface area contributed by atoms with Crippen molar-refractivity contribution in [3.8, 4) is 0 Å². The Morgan fingerprint density at radius 1 is 1.20 bits per heavy atom. The summed E-state index contributed by atoms with van der Waals surface area (Å²) >= 11 is 0. The van der Waals surface area contributed by atoms with Gasteiger partial charge in [0.25, 0.3) is 10.0 Å². The average Bonchev–Trinajstić information content (AvgIpc) is 2.68. The number of nitrogens with zero attached hydrogens (tertiary/aromatic N) is 4. The lowest BCUT2D eigenvalue weighted by molar-refractivity contribution is -0.137. The van der Waals surface area contributed by atoms with Crippen LogP contribution in [0, 0.1) is 0 Å². The van der Waals surface area contributed by atoms with Gasteiger partial charge in [-0.1, -0.05) is 6.07 Å². The lowest BCUT2D eigenvalue weighted by Crippen LogP contribution is -2.50. The van der Waals surface area contributed by atoms with Gasteiger partial charge in [0.15, 0.2) is 0 Å². The van der Waals surface area contributed by atoms with Gasteiger partial charge in [-0.15, -0.1) is 4.40 Å². The van der Waals surface area contributed by atoms with Crippen LogP contribution >= 0.6 is 0 Å². The van der Waals surface area contributed by atoms with E-state index in [2.05, 4.69) is 19.6 Å². The third-order valence-corrected chi connectivity index (χ3v) is 5.88. The summed E-state index contributed by atoms with van der Waals surface area (Å²) in [4.78, 5) is 7.26. The first-order valence-electron chi connectivity index (χ1n) is 8.98. The topological polar surface area (TPSA) is 104 Å². The molecule has 8 nitrogen and oxygen atoms in total. The normalized spacial score (nSPS) is 16.5. The quantitative estimate of drug-likeness (QED) is 0.552. The van der Waals surface area contributed by atoms with Crippen molar-refractivity contribution >= 4 is 27.4 Å². The summed E-state index contributed by atoms with van der Waals surface area (Å²) in [5.41, 5.74) is 5.16. The highest BCUT2D eigenvalue weighted by Crippen LogP contribution is 2.32. The van der Waals surface area contributed by atoms with Gasteiger partial charge >= 0.3 is 6.18 Å². The van der Waals surface area contributed by atoms with Crippen LogP contribution in [0.4, 0.5) is 24.5 Å². The van der Waals surface area contributed by atoms with Gasteiger partial charge in [0.1, 0.15) is 4.90 Å². The Bertz CT molecular complexity index is 1030. The Hall–Kier alpha value is -2.86. The molecule has 0 amide bonds. The van der Waals surface area contributed by atoms with E-state index in [0.29, 0.717) is 26.2 Å². The van der Waals surface area contributed by atoms with Crippen LogP contribution in [0.15, 0.2) is 52.0 Å². The van der Waals surface area contributed by atoms with E-state index in [1.165, 1.54) is 24.4 Å². The lowest BCUT2D eigenvalue weighted by Gasteiger charge is -2.32. The Kier molecular flexibility index (Phi) is 6.17. The van der Waals surface area contributed by atoms with Gasteiger partial charge in [-0.05, 0) is 31.3 Å². The first-order valence-corrected chi connectivity index (χ1v) is 10.4. The van der Waals surface area contributed by atoms with E-state index in [1.54, 1.807) is 4.90 Å². The number of halogens is 3. The summed E-state index contributed by atoms with van der Waals surface area (Å²) in [6, 6.07) is 5.78. The number of nitrogens with one attached hydrogen (secondary N) is 1. The second kappa shape index (κ2) is 8.48. The molecule has 0 radical (unpaired) electrons. The number of anilines is 2. The van der Waals surface area contributed by atoms with Crippen molar-refractivity contribution in [2.24, 2.45) is 10.1 Å². The fourth-order valence-corrected chi connectivity index (χ4v) is 3.93. The molecule has 3 rings (SSSR count). The molecule has 0 atom stereocenters. The summed E-state index contributed by atoms with van der Waals surface area (Å²) in [5.74, 6) is -0.142. The molecular formula is C18H21F3N6O2S. The molecule has 1 aromatic carbocycles. The molecule has 0 unspecified atom stereocenters. The van der Waals surface area contributed by atoms with E-state index in [4.69, 9.17) is 5.73 Å². The maximum Gasteiger partial charge on any atom is 0.416 e. The lowest BCUT2D eigenvalue weighted by atomic mass is 10.2. The highest BCUT2D eigenvalue weighted by atomic mass is 32.2. The molecule has 1 saturated heterocycles. The molecule has 3 N–H and O–H groups in total. The van der Waals surface area contributed by atoms with Crippen molar-refractivity contribution in [1.82, 2.24) is 14.8 Å². The van der Waals surface area contributed by atoms with Gasteiger partial charge in [0.2, 0.25) is 5.96 Å². The smallest absolute Gasteiger partial charge is 0.369 e. The second-order valence-corrected chi connectivity index (χ2v) is 8.36. The predicted molar refractivity (Wildman–Crippen MR) is 107 cm³/mol. The molecule has 162 valence electrons. The third kappa shape index (κ3) is 5.19. The number of sulfonamides is 1. The molecule has 2 heterocycles. The van der Waals surface area contributed by atoms with Crippen LogP contribution in [0.3, 0.4) is 0 Å². The minimum atomic E-state index is -4.52. The minimum Gasteiger partial charge on any atom is -0.369 e. The predicted octanol–water partition coefficient (Wildman–Crippen LogP) is 2.09. The van der Waals surface area contributed by atoms with Gasteiger partial charge < -0.3 is 20.9 Å². The van der Waals surface area contributed by atoms with E-state index in [9.17, 15) is 21.6 Å². The molecular weight excluding hydrogens is 421 g/mol. The fraction of sp³-hybridized carbons (Fsp3) is 0.333. The molecule has 2 aromatic rings. The van der Waals surface area contributed by atoms with Crippen molar-refractivity contribution in [3.63, 3.8) is 0 Å². The number of alkyl halides is 3. The molecule has 0 bridgehead atoms. The van der Waals surface area contributed by atoms with Crippen LogP contribution in [0.2, 0.25) is 0 Å². The minimum absolute atomic E-state index is 0.0410. The molecule has 0 aliphatic carbocycles. The van der Waals surface area contributed by atoms with Crippen LogP contribution in [0.1, 0.15) is 5.56 Å². The highest BCUT2D eigenvalue weighted by Gasteiger charge is 2.30. The number of hydrogen-bond acceptors (Lipinski definition) is 5. The zero-order valence-corrected chi connectivity index (χ0v) is 16.9. The number of guanidine groups is 1. The van der Waals surface area contributed by atoms with Gasteiger partial charge in [0.05, 0.1) is 11.3 Å². The number of pyridine rings is 1. The first kappa shape index (κ1) is 21.8. The number of nitrogens with two attached hydrogens (primary N) is 1. The molecule has 1 aliphatic rings. The van der Waals surface area contributed by atoms with E-state index < -0.39 is 21.8 Å². The van der Waals surface area contributed by atoms with E-state index in [0.717, 1.165) is 18.3 Å². The Morgan fingerprint density at radius 3 is 2.57 bits per heavy atom. The van der Waals surface area contributed by atoms with Crippen molar-refractivity contribution in [2.45, 2.75) is 11.1 Å². The van der Waals surface area contributed by atoms with E-state index >= 15 is 0 Å². The van der Waals surface area contributed by atoms with Crippen LogP contribution < -0.4 is 11.1 Å². The summed E-state index contributed by atoms with van der Waals surface area (Å²) in [6.07, 6.45) is -2.12. The van der Waals surface area contributed by atoms with Gasteiger partial charge in [-0.2, -0.15) is 21.6 Å². The standard InChI is InChI=1S/C18H21F3N6O2S/c1-26-7-9-27(10-8-26)17(22)25-30(28,29)16-12-23-6-5-15(16)24-14-4-2-3-13(11-14)18(19,20)21/h2-6,11-12H,7-10H2,1H3,(H2,22,25)(H,23,24). The molecule has 1 aromatic heterocycles. The van der Waals surface area contributed by atoms with Crippen molar-refractivity contribution in [2.75, 3.05) is 38.5 Å².